The van der Waals surface area contributed by atoms with Crippen molar-refractivity contribution < 1.29 is 10.4 Å². The molecule has 2 heterocycles. The molecule has 0 saturated carbocycles. The van der Waals surface area contributed by atoms with E-state index in [1.807, 2.05) is 25.1 Å². The van der Waals surface area contributed by atoms with E-state index in [1.165, 1.54) is 18.1 Å². The van der Waals surface area contributed by atoms with Crippen LogP contribution >= 0.6 is 11.8 Å². The van der Waals surface area contributed by atoms with Crippen molar-refractivity contribution in [1.29, 1.82) is 0 Å². The Balaban J connectivity index is 1.99. The van der Waals surface area contributed by atoms with Gasteiger partial charge in [-0.25, -0.2) is 10.2 Å². The Labute approximate surface area is 118 Å². The first-order valence-corrected chi connectivity index (χ1v) is 6.75. The maximum absolute atomic E-state index is 11.1. The van der Waals surface area contributed by atoms with E-state index in [4.69, 9.17) is 5.21 Å². The van der Waals surface area contributed by atoms with Gasteiger partial charge in [0.25, 0.3) is 5.82 Å². The van der Waals surface area contributed by atoms with Crippen molar-refractivity contribution in [2.75, 3.05) is 0 Å². The van der Waals surface area contributed by atoms with Gasteiger partial charge in [0.1, 0.15) is 6.33 Å². The van der Waals surface area contributed by atoms with Crippen LogP contribution in [0, 0.1) is 12.1 Å². The van der Waals surface area contributed by atoms with E-state index >= 15 is 0 Å². The van der Waals surface area contributed by atoms with Crippen LogP contribution in [0.1, 0.15) is 5.56 Å². The molecule has 1 aromatic carbocycles. The zero-order chi connectivity index (χ0) is 14.3. The van der Waals surface area contributed by atoms with Crippen LogP contribution in [0.4, 0.5) is 5.82 Å². The second-order valence-electron chi connectivity index (χ2n) is 4.48. The molecule has 0 aliphatic heterocycles. The number of nitrogens with one attached hydrogen (secondary N) is 2. The predicted molar refractivity (Wildman–Crippen MR) is 73.9 cm³/mol. The van der Waals surface area contributed by atoms with Crippen LogP contribution in [-0.4, -0.2) is 24.7 Å². The maximum atomic E-state index is 11.1. The fourth-order valence-electron chi connectivity index (χ4n) is 1.93. The Morgan fingerprint density at radius 1 is 1.45 bits per heavy atom. The number of aromatic nitrogens is 4. The first-order chi connectivity index (χ1) is 9.54. The summed E-state index contributed by atoms with van der Waals surface area (Å²) in [5, 5.41) is 20.4. The first kappa shape index (κ1) is 13.1. The minimum Gasteiger partial charge on any atom is -0.594 e. The van der Waals surface area contributed by atoms with Gasteiger partial charge in [-0.15, -0.1) is 0 Å². The van der Waals surface area contributed by atoms with E-state index in [-0.39, 0.29) is 5.82 Å². The molecule has 3 N–H and O–H groups in total. The van der Waals surface area contributed by atoms with Crippen LogP contribution < -0.4 is 5.23 Å². The SMILES string of the molecule is Cc1ccc2nc(Sc3c([NH+]([O-])O)ncn3C)[nH]c2c1. The number of rotatable bonds is 3. The molecule has 7 nitrogen and oxygen atoms in total. The number of imidazole rings is 2. The van der Waals surface area contributed by atoms with Crippen LogP contribution in [0.3, 0.4) is 0 Å². The van der Waals surface area contributed by atoms with Crippen LogP contribution in [0.15, 0.2) is 34.7 Å². The number of hydrogen-bond acceptors (Lipinski definition) is 5. The molecular formula is C12H13N5O2S. The fraction of sp³-hybridized carbons (Fsp3) is 0.167. The number of quaternary nitrogens is 1. The van der Waals surface area contributed by atoms with Gasteiger partial charge in [0.2, 0.25) is 0 Å². The van der Waals surface area contributed by atoms with E-state index in [9.17, 15) is 5.21 Å². The van der Waals surface area contributed by atoms with Gasteiger partial charge in [-0.3, -0.25) is 0 Å². The second-order valence-corrected chi connectivity index (χ2v) is 5.46. The highest BCUT2D eigenvalue weighted by atomic mass is 32.2. The molecule has 0 bridgehead atoms. The monoisotopic (exact) mass is 291 g/mol. The zero-order valence-corrected chi connectivity index (χ0v) is 11.7. The largest absolute Gasteiger partial charge is 0.594 e. The van der Waals surface area contributed by atoms with E-state index in [0.29, 0.717) is 10.2 Å². The summed E-state index contributed by atoms with van der Waals surface area (Å²) in [4.78, 5) is 11.5. The molecule has 2 aromatic heterocycles. The van der Waals surface area contributed by atoms with Gasteiger partial charge < -0.3 is 14.8 Å². The summed E-state index contributed by atoms with van der Waals surface area (Å²) in [6.07, 6.45) is 1.48. The van der Waals surface area contributed by atoms with Gasteiger partial charge in [-0.2, -0.15) is 10.2 Å². The summed E-state index contributed by atoms with van der Waals surface area (Å²) in [7, 11) is 1.76. The highest BCUT2D eigenvalue weighted by Crippen LogP contribution is 2.30. The lowest BCUT2D eigenvalue weighted by atomic mass is 10.2. The smallest absolute Gasteiger partial charge is 0.291 e. The third-order valence-corrected chi connectivity index (χ3v) is 3.96. The van der Waals surface area contributed by atoms with Crippen molar-refractivity contribution in [3.05, 3.63) is 35.3 Å². The van der Waals surface area contributed by atoms with Crippen molar-refractivity contribution in [3.63, 3.8) is 0 Å². The van der Waals surface area contributed by atoms with Gasteiger partial charge in [-0.1, -0.05) is 6.07 Å². The van der Waals surface area contributed by atoms with Gasteiger partial charge in [-0.05, 0) is 36.4 Å². The van der Waals surface area contributed by atoms with Crippen LogP contribution in [0.2, 0.25) is 0 Å². The van der Waals surface area contributed by atoms with Crippen molar-refractivity contribution in [2.45, 2.75) is 17.1 Å². The average Bonchev–Trinajstić information content (AvgIpc) is 2.93. The number of H-pyrrole nitrogens is 1. The maximum Gasteiger partial charge on any atom is 0.291 e. The van der Waals surface area contributed by atoms with E-state index < -0.39 is 5.23 Å². The molecule has 20 heavy (non-hydrogen) atoms. The van der Waals surface area contributed by atoms with E-state index in [0.717, 1.165) is 16.6 Å². The molecule has 0 spiro atoms. The lowest BCUT2D eigenvalue weighted by Gasteiger charge is -2.09. The topological polar surface area (TPSA) is 94.2 Å². The summed E-state index contributed by atoms with van der Waals surface area (Å²) in [5.74, 6) is 0.0362. The van der Waals surface area contributed by atoms with Gasteiger partial charge in [0, 0.05) is 7.05 Å². The minimum atomic E-state index is -1.04. The molecule has 3 rings (SSSR count). The number of nitrogens with zero attached hydrogens (tertiary/aromatic N) is 3. The molecule has 104 valence electrons. The Hall–Kier alpha value is -1.87. The minimum absolute atomic E-state index is 0.0362. The lowest BCUT2D eigenvalue weighted by Crippen LogP contribution is -2.99. The summed E-state index contributed by atoms with van der Waals surface area (Å²) in [6.45, 7) is 2.01. The number of aryl methyl sites for hydroxylation is 2. The molecule has 0 amide bonds. The van der Waals surface area contributed by atoms with Crippen molar-refractivity contribution in [1.82, 2.24) is 19.5 Å². The molecule has 0 radical (unpaired) electrons. The normalized spacial score (nSPS) is 13.0. The summed E-state index contributed by atoms with van der Waals surface area (Å²) in [5.41, 5.74) is 2.94. The van der Waals surface area contributed by atoms with Gasteiger partial charge >= 0.3 is 0 Å². The zero-order valence-electron chi connectivity index (χ0n) is 10.9. The Kier molecular flexibility index (Phi) is 3.22. The molecule has 3 aromatic rings. The molecule has 0 aliphatic rings. The quantitative estimate of drug-likeness (QED) is 0.630. The second kappa shape index (κ2) is 4.91. The Morgan fingerprint density at radius 2 is 2.25 bits per heavy atom. The number of benzene rings is 1. The van der Waals surface area contributed by atoms with E-state index in [2.05, 4.69) is 15.0 Å². The average molecular weight is 291 g/mol. The van der Waals surface area contributed by atoms with Crippen molar-refractivity contribution >= 4 is 28.6 Å². The van der Waals surface area contributed by atoms with E-state index in [1.54, 1.807) is 11.6 Å². The van der Waals surface area contributed by atoms with Crippen LogP contribution in [0.5, 0.6) is 0 Å². The molecule has 0 saturated heterocycles. The molecule has 1 unspecified atom stereocenters. The summed E-state index contributed by atoms with van der Waals surface area (Å²) >= 11 is 1.26. The van der Waals surface area contributed by atoms with Gasteiger partial charge in [0.15, 0.2) is 10.2 Å². The molecule has 0 fully saturated rings. The van der Waals surface area contributed by atoms with Crippen LogP contribution in [0.25, 0.3) is 11.0 Å². The standard InChI is InChI=1S/C12H13N5O2S/c1-7-3-4-8-9(5-7)15-12(14-8)20-11-10(17(18)19)13-6-16(11)2/h3-6,17-18H,1-2H3,(H,14,15). The number of hydrogen-bond donors (Lipinski definition) is 3. The fourth-order valence-corrected chi connectivity index (χ4v) is 2.84. The Morgan fingerprint density at radius 3 is 3.00 bits per heavy atom. The third-order valence-electron chi connectivity index (χ3n) is 2.89. The first-order valence-electron chi connectivity index (χ1n) is 5.93. The molecular weight excluding hydrogens is 278 g/mol. The highest BCUT2D eigenvalue weighted by Gasteiger charge is 2.18. The summed E-state index contributed by atoms with van der Waals surface area (Å²) in [6, 6.07) is 5.94. The lowest BCUT2D eigenvalue weighted by molar-refractivity contribution is -0.994. The summed E-state index contributed by atoms with van der Waals surface area (Å²) < 4.78 is 1.67. The third kappa shape index (κ3) is 2.29. The number of fused-ring (bicyclic) bond motifs is 1. The molecule has 0 aliphatic carbocycles. The van der Waals surface area contributed by atoms with Crippen molar-refractivity contribution in [3.8, 4) is 0 Å². The predicted octanol–water partition coefficient (Wildman–Crippen LogP) is 1.16. The van der Waals surface area contributed by atoms with Crippen LogP contribution in [-0.2, 0) is 7.05 Å². The molecule has 8 heteroatoms. The van der Waals surface area contributed by atoms with Crippen molar-refractivity contribution in [2.24, 2.45) is 7.05 Å². The highest BCUT2D eigenvalue weighted by molar-refractivity contribution is 7.99. The Bertz CT molecular complexity index is 764. The molecule has 1 atom stereocenters. The van der Waals surface area contributed by atoms with Gasteiger partial charge in [0.05, 0.1) is 11.0 Å². The number of aromatic amines is 1.